The highest BCUT2D eigenvalue weighted by Crippen LogP contribution is 2.15. The number of aryl methyl sites for hydroxylation is 3. The number of hydrogen-bond donors (Lipinski definition) is 1. The van der Waals surface area contributed by atoms with Gasteiger partial charge in [0.05, 0.1) is 0 Å². The zero-order chi connectivity index (χ0) is 9.14. The first-order valence-electron chi connectivity index (χ1n) is 4.21. The zero-order valence-corrected chi connectivity index (χ0v) is 7.94. The Hall–Kier alpha value is -1.11. The summed E-state index contributed by atoms with van der Waals surface area (Å²) in [7, 11) is 0. The summed E-state index contributed by atoms with van der Waals surface area (Å²) in [6, 6.07) is 4.34. The lowest BCUT2D eigenvalue weighted by Gasteiger charge is -2.08. The molecule has 1 nitrogen and oxygen atoms in total. The fourth-order valence-electron chi connectivity index (χ4n) is 1.63. The lowest BCUT2D eigenvalue weighted by atomic mass is 9.98. The molecule has 0 saturated carbocycles. The minimum absolute atomic E-state index is 0.762. The monoisotopic (exact) mass is 161 g/mol. The second-order valence-corrected chi connectivity index (χ2v) is 3.29. The molecule has 1 heteroatoms. The Morgan fingerprint density at radius 1 is 1.17 bits per heavy atom. The predicted molar refractivity (Wildman–Crippen MR) is 53.1 cm³/mol. The summed E-state index contributed by atoms with van der Waals surface area (Å²) in [6.45, 7) is 6.33. The lowest BCUT2D eigenvalue weighted by Crippen LogP contribution is -1.95. The van der Waals surface area contributed by atoms with Gasteiger partial charge in [-0.15, -0.1) is 0 Å². The van der Waals surface area contributed by atoms with Crippen molar-refractivity contribution in [2.24, 2.45) is 0 Å². The van der Waals surface area contributed by atoms with Gasteiger partial charge >= 0.3 is 0 Å². The second kappa shape index (κ2) is 3.53. The third-order valence-corrected chi connectivity index (χ3v) is 2.15. The van der Waals surface area contributed by atoms with Crippen LogP contribution in [0.4, 0.5) is 0 Å². The standard InChI is InChI=1S/C11H15N/c1-8-6-9(2)11(4-5-12)10(3)7-8/h5-7,12H,4H2,1-3H3. The molecule has 0 spiro atoms. The molecule has 12 heavy (non-hydrogen) atoms. The van der Waals surface area contributed by atoms with Gasteiger partial charge in [-0.3, -0.25) is 0 Å². The predicted octanol–water partition coefficient (Wildman–Crippen LogP) is 2.80. The van der Waals surface area contributed by atoms with E-state index in [4.69, 9.17) is 5.41 Å². The highest BCUT2D eigenvalue weighted by molar-refractivity contribution is 5.60. The summed E-state index contributed by atoms with van der Waals surface area (Å²) >= 11 is 0. The first-order chi connectivity index (χ1) is 5.65. The van der Waals surface area contributed by atoms with E-state index in [2.05, 4.69) is 32.9 Å². The maximum absolute atomic E-state index is 7.06. The van der Waals surface area contributed by atoms with Gasteiger partial charge in [-0.2, -0.15) is 0 Å². The van der Waals surface area contributed by atoms with Crippen LogP contribution in [0.25, 0.3) is 0 Å². The molecule has 0 bridgehead atoms. The molecule has 0 amide bonds. The molecule has 1 N–H and O–H groups in total. The molecule has 1 aromatic rings. The van der Waals surface area contributed by atoms with Gasteiger partial charge in [0.1, 0.15) is 0 Å². The molecule has 0 unspecified atom stereocenters. The smallest absolute Gasteiger partial charge is 0.00767 e. The fraction of sp³-hybridized carbons (Fsp3) is 0.364. The number of rotatable bonds is 2. The summed E-state index contributed by atoms with van der Waals surface area (Å²) in [5.74, 6) is 0. The van der Waals surface area contributed by atoms with Crippen LogP contribution in [-0.2, 0) is 6.42 Å². The first kappa shape index (κ1) is 8.98. The molecule has 0 radical (unpaired) electrons. The van der Waals surface area contributed by atoms with E-state index < -0.39 is 0 Å². The van der Waals surface area contributed by atoms with E-state index in [0.717, 1.165) is 6.42 Å². The van der Waals surface area contributed by atoms with Crippen LogP contribution >= 0.6 is 0 Å². The third kappa shape index (κ3) is 1.73. The average Bonchev–Trinajstić information content (AvgIpc) is 1.96. The molecule has 0 aliphatic heterocycles. The van der Waals surface area contributed by atoms with Gasteiger partial charge in [0.25, 0.3) is 0 Å². The quantitative estimate of drug-likeness (QED) is 0.645. The van der Waals surface area contributed by atoms with Crippen molar-refractivity contribution < 1.29 is 0 Å². The van der Waals surface area contributed by atoms with Crippen molar-refractivity contribution in [2.45, 2.75) is 27.2 Å². The first-order valence-corrected chi connectivity index (χ1v) is 4.21. The Kier molecular flexibility index (Phi) is 2.64. The second-order valence-electron chi connectivity index (χ2n) is 3.29. The van der Waals surface area contributed by atoms with Crippen LogP contribution in [0.1, 0.15) is 22.3 Å². The van der Waals surface area contributed by atoms with Gasteiger partial charge in [0.15, 0.2) is 0 Å². The van der Waals surface area contributed by atoms with Crippen molar-refractivity contribution in [1.82, 2.24) is 0 Å². The lowest BCUT2D eigenvalue weighted by molar-refractivity contribution is 1.18. The minimum atomic E-state index is 0.762. The fourth-order valence-corrected chi connectivity index (χ4v) is 1.63. The largest absolute Gasteiger partial charge is 0.313 e. The number of benzene rings is 1. The van der Waals surface area contributed by atoms with E-state index in [1.165, 1.54) is 28.5 Å². The Bertz CT molecular complexity index is 277. The molecular formula is C11H15N. The molecule has 0 aromatic heterocycles. The Morgan fingerprint density at radius 3 is 2.08 bits per heavy atom. The van der Waals surface area contributed by atoms with E-state index in [1.807, 2.05) is 0 Å². The zero-order valence-electron chi connectivity index (χ0n) is 7.94. The van der Waals surface area contributed by atoms with Crippen LogP contribution in [0.5, 0.6) is 0 Å². The molecule has 0 heterocycles. The van der Waals surface area contributed by atoms with Crippen LogP contribution in [0.3, 0.4) is 0 Å². The van der Waals surface area contributed by atoms with E-state index in [-0.39, 0.29) is 0 Å². The molecule has 0 aliphatic carbocycles. The maximum Gasteiger partial charge on any atom is 0.00767 e. The van der Waals surface area contributed by atoms with E-state index in [0.29, 0.717) is 0 Å². The molecule has 0 atom stereocenters. The molecule has 0 aliphatic rings. The van der Waals surface area contributed by atoms with E-state index in [1.54, 1.807) is 0 Å². The average molecular weight is 161 g/mol. The van der Waals surface area contributed by atoms with Crippen molar-refractivity contribution in [3.63, 3.8) is 0 Å². The summed E-state index contributed by atoms with van der Waals surface area (Å²) in [6.07, 6.45) is 2.22. The van der Waals surface area contributed by atoms with Crippen LogP contribution in [0.2, 0.25) is 0 Å². The van der Waals surface area contributed by atoms with Gasteiger partial charge in [-0.25, -0.2) is 0 Å². The summed E-state index contributed by atoms with van der Waals surface area (Å²) in [5, 5.41) is 7.06. The van der Waals surface area contributed by atoms with Gasteiger partial charge in [-0.05, 0) is 43.7 Å². The normalized spacial score (nSPS) is 9.92. The van der Waals surface area contributed by atoms with Gasteiger partial charge in [0, 0.05) is 6.42 Å². The van der Waals surface area contributed by atoms with Crippen LogP contribution in [0.15, 0.2) is 12.1 Å². The molecule has 1 aromatic carbocycles. The van der Waals surface area contributed by atoms with Crippen molar-refractivity contribution in [3.05, 3.63) is 34.4 Å². The van der Waals surface area contributed by atoms with Crippen molar-refractivity contribution in [2.75, 3.05) is 0 Å². The van der Waals surface area contributed by atoms with E-state index in [9.17, 15) is 0 Å². The topological polar surface area (TPSA) is 23.9 Å². The van der Waals surface area contributed by atoms with Gasteiger partial charge in [-0.1, -0.05) is 17.7 Å². The summed E-state index contributed by atoms with van der Waals surface area (Å²) in [5.41, 5.74) is 5.21. The Balaban J connectivity index is 3.18. The van der Waals surface area contributed by atoms with Crippen molar-refractivity contribution in [3.8, 4) is 0 Å². The van der Waals surface area contributed by atoms with Crippen LogP contribution < -0.4 is 0 Å². The molecule has 0 saturated heterocycles. The maximum atomic E-state index is 7.06. The summed E-state index contributed by atoms with van der Waals surface area (Å²) < 4.78 is 0. The molecule has 1 rings (SSSR count). The third-order valence-electron chi connectivity index (χ3n) is 2.15. The minimum Gasteiger partial charge on any atom is -0.313 e. The Labute approximate surface area is 73.9 Å². The van der Waals surface area contributed by atoms with E-state index >= 15 is 0 Å². The van der Waals surface area contributed by atoms with Crippen LogP contribution in [-0.4, -0.2) is 6.21 Å². The van der Waals surface area contributed by atoms with Crippen LogP contribution in [0, 0.1) is 26.2 Å². The Morgan fingerprint density at radius 2 is 1.67 bits per heavy atom. The SMILES string of the molecule is Cc1cc(C)c(CC=N)c(C)c1. The van der Waals surface area contributed by atoms with Crippen molar-refractivity contribution >= 4 is 6.21 Å². The molecular weight excluding hydrogens is 146 g/mol. The molecule has 64 valence electrons. The van der Waals surface area contributed by atoms with Crippen molar-refractivity contribution in [1.29, 1.82) is 5.41 Å². The van der Waals surface area contributed by atoms with Gasteiger partial charge in [0.2, 0.25) is 0 Å². The molecule has 0 fully saturated rings. The number of hydrogen-bond acceptors (Lipinski definition) is 1. The summed E-state index contributed by atoms with van der Waals surface area (Å²) in [4.78, 5) is 0. The highest BCUT2D eigenvalue weighted by Gasteiger charge is 2.01. The highest BCUT2D eigenvalue weighted by atomic mass is 14.3. The van der Waals surface area contributed by atoms with Gasteiger partial charge < -0.3 is 5.41 Å². The number of nitrogens with one attached hydrogen (secondary N) is 1.